The van der Waals surface area contributed by atoms with Crippen molar-refractivity contribution in [1.82, 2.24) is 10.2 Å². The van der Waals surface area contributed by atoms with Crippen LogP contribution in [0.5, 0.6) is 0 Å². The Morgan fingerprint density at radius 1 is 1.35 bits per heavy atom. The molecule has 104 valence electrons. The summed E-state index contributed by atoms with van der Waals surface area (Å²) in [5, 5.41) is 13.0. The van der Waals surface area contributed by atoms with Crippen LogP contribution in [0, 0.1) is 5.92 Å². The highest BCUT2D eigenvalue weighted by Crippen LogP contribution is 2.32. The van der Waals surface area contributed by atoms with E-state index in [2.05, 4.69) is 29.4 Å². The van der Waals surface area contributed by atoms with E-state index in [9.17, 15) is 4.79 Å². The zero-order valence-corrected chi connectivity index (χ0v) is 12.1. The van der Waals surface area contributed by atoms with E-state index in [0.717, 1.165) is 17.0 Å². The summed E-state index contributed by atoms with van der Waals surface area (Å²) in [6, 6.07) is 7.37. The van der Waals surface area contributed by atoms with Gasteiger partial charge in [0, 0.05) is 12.0 Å². The maximum Gasteiger partial charge on any atom is 0.340 e. The van der Waals surface area contributed by atoms with Gasteiger partial charge in [-0.1, -0.05) is 43.4 Å². The minimum Gasteiger partial charge on any atom is -0.434 e. The zero-order valence-electron chi connectivity index (χ0n) is 11.3. The van der Waals surface area contributed by atoms with Crippen molar-refractivity contribution in [2.24, 2.45) is 5.92 Å². The van der Waals surface area contributed by atoms with Crippen LogP contribution in [0.15, 0.2) is 24.3 Å². The third-order valence-electron chi connectivity index (χ3n) is 2.99. The first kappa shape index (κ1) is 13.1. The number of benzene rings is 1. The molecular formula is C14H15N3O2S. The second-order valence-electron chi connectivity index (χ2n) is 5.12. The van der Waals surface area contributed by atoms with E-state index in [0.29, 0.717) is 16.6 Å². The highest BCUT2D eigenvalue weighted by Gasteiger charge is 2.31. The van der Waals surface area contributed by atoms with E-state index < -0.39 is 6.23 Å². The molecule has 0 fully saturated rings. The minimum atomic E-state index is -0.474. The maximum absolute atomic E-state index is 11.7. The molecule has 0 spiro atoms. The van der Waals surface area contributed by atoms with E-state index in [-0.39, 0.29) is 5.97 Å². The summed E-state index contributed by atoms with van der Waals surface area (Å²) in [7, 11) is 0. The highest BCUT2D eigenvalue weighted by atomic mass is 32.1. The maximum atomic E-state index is 11.7. The lowest BCUT2D eigenvalue weighted by atomic mass is 10.1. The number of hydrogen-bond donors (Lipinski definition) is 1. The van der Waals surface area contributed by atoms with Crippen LogP contribution in [0.1, 0.15) is 41.0 Å². The average Bonchev–Trinajstić information content (AvgIpc) is 2.96. The predicted molar refractivity (Wildman–Crippen MR) is 76.7 cm³/mol. The second-order valence-corrected chi connectivity index (χ2v) is 6.18. The van der Waals surface area contributed by atoms with Gasteiger partial charge in [-0.15, -0.1) is 10.2 Å². The van der Waals surface area contributed by atoms with Gasteiger partial charge in [0.1, 0.15) is 5.01 Å². The van der Waals surface area contributed by atoms with E-state index in [1.165, 1.54) is 11.3 Å². The number of anilines is 1. The van der Waals surface area contributed by atoms with Crippen LogP contribution >= 0.6 is 11.3 Å². The predicted octanol–water partition coefficient (Wildman–Crippen LogP) is 3.02. The summed E-state index contributed by atoms with van der Waals surface area (Å²) in [5.41, 5.74) is 1.45. The van der Waals surface area contributed by atoms with Crippen LogP contribution in [0.3, 0.4) is 0 Å². The summed E-state index contributed by atoms with van der Waals surface area (Å²) in [5.74, 6) is 0.242. The molecule has 1 aliphatic rings. The number of carbonyl (C=O) groups is 1. The first-order chi connectivity index (χ1) is 9.63. The number of nitrogens with zero attached hydrogens (tertiary/aromatic N) is 2. The largest absolute Gasteiger partial charge is 0.434 e. The minimum absolute atomic E-state index is 0.301. The van der Waals surface area contributed by atoms with Gasteiger partial charge in [-0.3, -0.25) is 0 Å². The van der Waals surface area contributed by atoms with Crippen LogP contribution in [0.2, 0.25) is 0 Å². The fourth-order valence-electron chi connectivity index (χ4n) is 2.11. The summed E-state index contributed by atoms with van der Waals surface area (Å²) >= 11 is 1.50. The number of esters is 1. The van der Waals surface area contributed by atoms with E-state index in [1.54, 1.807) is 6.07 Å². The van der Waals surface area contributed by atoms with Crippen molar-refractivity contribution in [3.63, 3.8) is 0 Å². The number of aromatic nitrogens is 2. The van der Waals surface area contributed by atoms with Gasteiger partial charge in [-0.2, -0.15) is 0 Å². The summed E-state index contributed by atoms with van der Waals surface area (Å²) < 4.78 is 5.31. The number of carbonyl (C=O) groups excluding carboxylic acids is 1. The summed E-state index contributed by atoms with van der Waals surface area (Å²) in [4.78, 5) is 11.7. The number of nitrogens with one attached hydrogen (secondary N) is 1. The molecule has 1 aromatic carbocycles. The lowest BCUT2D eigenvalue weighted by molar-refractivity contribution is 0.0437. The van der Waals surface area contributed by atoms with Crippen molar-refractivity contribution in [2.45, 2.75) is 26.5 Å². The van der Waals surface area contributed by atoms with E-state index in [4.69, 9.17) is 4.74 Å². The molecule has 0 aliphatic carbocycles. The van der Waals surface area contributed by atoms with Crippen molar-refractivity contribution in [2.75, 3.05) is 5.32 Å². The van der Waals surface area contributed by atoms with Gasteiger partial charge in [-0.25, -0.2) is 4.79 Å². The standard InChI is InChI=1S/C14H15N3O2S/c1-8(2)7-11-16-17-14(20-11)15-12-9-5-3-4-6-10(9)13(18)19-12/h3-6,8,12H,7H2,1-2H3,(H,15,17). The monoisotopic (exact) mass is 289 g/mol. The Bertz CT molecular complexity index is 639. The number of fused-ring (bicyclic) bond motifs is 1. The number of cyclic esters (lactones) is 1. The van der Waals surface area contributed by atoms with Crippen LogP contribution in [0.25, 0.3) is 0 Å². The van der Waals surface area contributed by atoms with Gasteiger partial charge in [0.15, 0.2) is 0 Å². The Labute approximate surface area is 121 Å². The Hall–Kier alpha value is -1.95. The SMILES string of the molecule is CC(C)Cc1nnc(NC2OC(=O)c3ccccc32)s1. The van der Waals surface area contributed by atoms with Crippen LogP contribution in [0.4, 0.5) is 5.13 Å². The van der Waals surface area contributed by atoms with Crippen molar-refractivity contribution < 1.29 is 9.53 Å². The van der Waals surface area contributed by atoms with Crippen molar-refractivity contribution in [3.8, 4) is 0 Å². The Balaban J connectivity index is 1.76. The van der Waals surface area contributed by atoms with Gasteiger partial charge >= 0.3 is 5.97 Å². The summed E-state index contributed by atoms with van der Waals surface area (Å²) in [6.45, 7) is 4.28. The van der Waals surface area contributed by atoms with Crippen molar-refractivity contribution in [1.29, 1.82) is 0 Å². The second kappa shape index (κ2) is 5.20. The molecule has 0 saturated carbocycles. The van der Waals surface area contributed by atoms with Gasteiger partial charge in [0.2, 0.25) is 11.4 Å². The summed E-state index contributed by atoms with van der Waals surface area (Å²) in [6.07, 6.45) is 0.430. The van der Waals surface area contributed by atoms with Crippen molar-refractivity contribution in [3.05, 3.63) is 40.4 Å². The Morgan fingerprint density at radius 3 is 2.95 bits per heavy atom. The topological polar surface area (TPSA) is 64.1 Å². The first-order valence-corrected chi connectivity index (χ1v) is 7.34. The van der Waals surface area contributed by atoms with E-state index in [1.807, 2.05) is 18.2 Å². The third kappa shape index (κ3) is 2.51. The molecule has 2 heterocycles. The molecule has 2 aromatic rings. The highest BCUT2D eigenvalue weighted by molar-refractivity contribution is 7.15. The van der Waals surface area contributed by atoms with Gasteiger partial charge in [0.05, 0.1) is 5.56 Å². The number of ether oxygens (including phenoxy) is 1. The fraction of sp³-hybridized carbons (Fsp3) is 0.357. The Kier molecular flexibility index (Phi) is 3.40. The fourth-order valence-corrected chi connectivity index (χ4v) is 3.08. The van der Waals surface area contributed by atoms with Gasteiger partial charge < -0.3 is 10.1 Å². The van der Waals surface area contributed by atoms with Gasteiger partial charge in [-0.05, 0) is 12.0 Å². The molecule has 0 saturated heterocycles. The molecule has 0 amide bonds. The molecule has 5 nitrogen and oxygen atoms in total. The molecule has 20 heavy (non-hydrogen) atoms. The molecular weight excluding hydrogens is 274 g/mol. The number of rotatable bonds is 4. The molecule has 6 heteroatoms. The number of hydrogen-bond acceptors (Lipinski definition) is 6. The average molecular weight is 289 g/mol. The van der Waals surface area contributed by atoms with Crippen molar-refractivity contribution >= 4 is 22.4 Å². The molecule has 0 bridgehead atoms. The normalized spacial score (nSPS) is 17.1. The lowest BCUT2D eigenvalue weighted by Gasteiger charge is -2.10. The first-order valence-electron chi connectivity index (χ1n) is 6.52. The third-order valence-corrected chi connectivity index (χ3v) is 3.87. The smallest absolute Gasteiger partial charge is 0.340 e. The molecule has 1 unspecified atom stereocenters. The van der Waals surface area contributed by atoms with Gasteiger partial charge in [0.25, 0.3) is 0 Å². The molecule has 3 rings (SSSR count). The molecule has 1 atom stereocenters. The Morgan fingerprint density at radius 2 is 2.15 bits per heavy atom. The van der Waals surface area contributed by atoms with E-state index >= 15 is 0 Å². The van der Waals surface area contributed by atoms with Crippen LogP contribution < -0.4 is 5.32 Å². The molecule has 1 aromatic heterocycles. The molecule has 1 N–H and O–H groups in total. The lowest BCUT2D eigenvalue weighted by Crippen LogP contribution is -2.09. The van der Waals surface area contributed by atoms with Crippen LogP contribution in [-0.4, -0.2) is 16.2 Å². The molecule has 1 aliphatic heterocycles. The van der Waals surface area contributed by atoms with Crippen LogP contribution in [-0.2, 0) is 11.2 Å². The quantitative estimate of drug-likeness (QED) is 0.876. The zero-order chi connectivity index (χ0) is 14.1. The molecule has 0 radical (unpaired) electrons.